The molecule has 24 heavy (non-hydrogen) atoms. The maximum Gasteiger partial charge on any atom is 0.240 e. The molecule has 1 aliphatic rings. The SMILES string of the molecule is CN1CCOC(CNC(=O)CCc2nc(-c3ncccn3)no2)C1. The molecular weight excluding hydrogens is 312 g/mol. The van der Waals surface area contributed by atoms with E-state index in [1.54, 1.807) is 18.5 Å². The molecule has 1 aliphatic heterocycles. The van der Waals surface area contributed by atoms with Gasteiger partial charge in [0.25, 0.3) is 0 Å². The average Bonchev–Trinajstić information content (AvgIpc) is 3.08. The van der Waals surface area contributed by atoms with Gasteiger partial charge in [-0.15, -0.1) is 0 Å². The fourth-order valence-corrected chi connectivity index (χ4v) is 2.39. The second-order valence-electron chi connectivity index (χ2n) is 5.64. The van der Waals surface area contributed by atoms with Gasteiger partial charge in [0, 0.05) is 44.9 Å². The van der Waals surface area contributed by atoms with Crippen LogP contribution in [-0.4, -0.2) is 70.3 Å². The van der Waals surface area contributed by atoms with Crippen LogP contribution in [0.3, 0.4) is 0 Å². The zero-order chi connectivity index (χ0) is 16.8. The molecule has 128 valence electrons. The Balaban J connectivity index is 1.42. The molecule has 0 aliphatic carbocycles. The summed E-state index contributed by atoms with van der Waals surface area (Å²) in [6.07, 6.45) is 3.90. The summed E-state index contributed by atoms with van der Waals surface area (Å²) in [5.41, 5.74) is 0. The minimum absolute atomic E-state index is 0.0398. The van der Waals surface area contributed by atoms with E-state index < -0.39 is 0 Å². The van der Waals surface area contributed by atoms with Gasteiger partial charge in [-0.3, -0.25) is 4.79 Å². The number of hydrogen-bond donors (Lipinski definition) is 1. The molecular formula is C15H20N6O3. The lowest BCUT2D eigenvalue weighted by Crippen LogP contribution is -2.45. The predicted octanol–water partition coefficient (Wildman–Crippen LogP) is -0.0940. The van der Waals surface area contributed by atoms with E-state index in [0.29, 0.717) is 37.1 Å². The largest absolute Gasteiger partial charge is 0.374 e. The van der Waals surface area contributed by atoms with Gasteiger partial charge in [-0.1, -0.05) is 5.16 Å². The Morgan fingerprint density at radius 2 is 2.21 bits per heavy atom. The van der Waals surface area contributed by atoms with Crippen LogP contribution in [0, 0.1) is 0 Å². The molecule has 0 spiro atoms. The van der Waals surface area contributed by atoms with Gasteiger partial charge in [-0.2, -0.15) is 4.98 Å². The summed E-state index contributed by atoms with van der Waals surface area (Å²) in [5.74, 6) is 1.05. The van der Waals surface area contributed by atoms with Crippen molar-refractivity contribution in [2.24, 2.45) is 0 Å². The van der Waals surface area contributed by atoms with E-state index >= 15 is 0 Å². The van der Waals surface area contributed by atoms with Crippen molar-refractivity contribution in [3.63, 3.8) is 0 Å². The number of nitrogens with one attached hydrogen (secondary N) is 1. The van der Waals surface area contributed by atoms with Crippen molar-refractivity contribution in [3.8, 4) is 11.6 Å². The molecule has 0 saturated carbocycles. The standard InChI is InChI=1S/C15H20N6O3/c1-21-7-8-23-11(10-21)9-18-12(22)3-4-13-19-15(20-24-13)14-16-5-2-6-17-14/h2,5-6,11H,3-4,7-10H2,1H3,(H,18,22). The van der Waals surface area contributed by atoms with Crippen LogP contribution in [0.15, 0.2) is 23.0 Å². The molecule has 1 amide bonds. The molecule has 9 nitrogen and oxygen atoms in total. The van der Waals surface area contributed by atoms with Crippen LogP contribution in [0.1, 0.15) is 12.3 Å². The number of carbonyl (C=O) groups excluding carboxylic acids is 1. The fraction of sp³-hybridized carbons (Fsp3) is 0.533. The molecule has 1 N–H and O–H groups in total. The Morgan fingerprint density at radius 3 is 3.00 bits per heavy atom. The third-order valence-electron chi connectivity index (χ3n) is 3.67. The van der Waals surface area contributed by atoms with Crippen LogP contribution < -0.4 is 5.32 Å². The number of hydrogen-bond acceptors (Lipinski definition) is 8. The van der Waals surface area contributed by atoms with E-state index in [9.17, 15) is 4.79 Å². The highest BCUT2D eigenvalue weighted by atomic mass is 16.5. The van der Waals surface area contributed by atoms with E-state index in [2.05, 4.69) is 30.3 Å². The summed E-state index contributed by atoms with van der Waals surface area (Å²) in [5, 5.41) is 6.70. The number of rotatable bonds is 6. The minimum Gasteiger partial charge on any atom is -0.374 e. The van der Waals surface area contributed by atoms with Gasteiger partial charge in [0.05, 0.1) is 12.7 Å². The maximum absolute atomic E-state index is 11.9. The smallest absolute Gasteiger partial charge is 0.240 e. The van der Waals surface area contributed by atoms with E-state index in [0.717, 1.165) is 13.1 Å². The van der Waals surface area contributed by atoms with Gasteiger partial charge in [0.15, 0.2) is 0 Å². The van der Waals surface area contributed by atoms with Gasteiger partial charge >= 0.3 is 0 Å². The van der Waals surface area contributed by atoms with Crippen LogP contribution in [0.5, 0.6) is 0 Å². The van der Waals surface area contributed by atoms with Crippen LogP contribution in [0.4, 0.5) is 0 Å². The third-order valence-corrected chi connectivity index (χ3v) is 3.67. The second kappa shape index (κ2) is 7.93. The summed E-state index contributed by atoms with van der Waals surface area (Å²) in [4.78, 5) is 26.4. The van der Waals surface area contributed by atoms with Gasteiger partial charge in [-0.25, -0.2) is 9.97 Å². The molecule has 2 aromatic heterocycles. The van der Waals surface area contributed by atoms with E-state index in [1.165, 1.54) is 0 Å². The number of aromatic nitrogens is 4. The van der Waals surface area contributed by atoms with Crippen LogP contribution >= 0.6 is 0 Å². The van der Waals surface area contributed by atoms with Crippen LogP contribution in [-0.2, 0) is 16.0 Å². The molecule has 1 unspecified atom stereocenters. The van der Waals surface area contributed by atoms with Crippen LogP contribution in [0.2, 0.25) is 0 Å². The summed E-state index contributed by atoms with van der Waals surface area (Å²) in [7, 11) is 2.04. The minimum atomic E-state index is -0.0671. The molecule has 3 heterocycles. The zero-order valence-electron chi connectivity index (χ0n) is 13.5. The molecule has 0 aromatic carbocycles. The van der Waals surface area contributed by atoms with Crippen molar-refractivity contribution in [2.45, 2.75) is 18.9 Å². The number of ether oxygens (including phenoxy) is 1. The second-order valence-corrected chi connectivity index (χ2v) is 5.64. The molecule has 1 saturated heterocycles. The molecule has 3 rings (SSSR count). The summed E-state index contributed by atoms with van der Waals surface area (Å²) < 4.78 is 10.7. The van der Waals surface area contributed by atoms with Crippen molar-refractivity contribution in [2.75, 3.05) is 33.3 Å². The lowest BCUT2D eigenvalue weighted by Gasteiger charge is -2.30. The first-order valence-corrected chi connectivity index (χ1v) is 7.87. The number of carbonyl (C=O) groups is 1. The first kappa shape index (κ1) is 16.5. The Hall–Kier alpha value is -2.39. The van der Waals surface area contributed by atoms with Gasteiger partial charge < -0.3 is 19.5 Å². The van der Waals surface area contributed by atoms with E-state index in [4.69, 9.17) is 9.26 Å². The predicted molar refractivity (Wildman–Crippen MR) is 83.9 cm³/mol. The van der Waals surface area contributed by atoms with Crippen molar-refractivity contribution in [1.29, 1.82) is 0 Å². The highest BCUT2D eigenvalue weighted by Gasteiger charge is 2.18. The maximum atomic E-state index is 11.9. The van der Waals surface area contributed by atoms with Crippen LogP contribution in [0.25, 0.3) is 11.6 Å². The molecule has 9 heteroatoms. The molecule has 2 aromatic rings. The summed E-state index contributed by atoms with van der Waals surface area (Å²) in [6, 6.07) is 1.71. The van der Waals surface area contributed by atoms with Gasteiger partial charge in [0.2, 0.25) is 23.4 Å². The number of aryl methyl sites for hydroxylation is 1. The monoisotopic (exact) mass is 332 g/mol. The first-order valence-electron chi connectivity index (χ1n) is 7.87. The lowest BCUT2D eigenvalue weighted by molar-refractivity contribution is -0.122. The quantitative estimate of drug-likeness (QED) is 0.782. The van der Waals surface area contributed by atoms with E-state index in [-0.39, 0.29) is 18.4 Å². The normalized spacial score (nSPS) is 18.5. The third kappa shape index (κ3) is 4.56. The van der Waals surface area contributed by atoms with Crippen molar-refractivity contribution in [3.05, 3.63) is 24.4 Å². The molecule has 0 radical (unpaired) electrons. The number of nitrogens with zero attached hydrogens (tertiary/aromatic N) is 5. The zero-order valence-corrected chi connectivity index (χ0v) is 13.5. The van der Waals surface area contributed by atoms with Crippen molar-refractivity contribution >= 4 is 5.91 Å². The molecule has 0 bridgehead atoms. The van der Waals surface area contributed by atoms with Gasteiger partial charge in [0.1, 0.15) is 0 Å². The average molecular weight is 332 g/mol. The molecule has 1 fully saturated rings. The first-order chi connectivity index (χ1) is 11.7. The highest BCUT2D eigenvalue weighted by Crippen LogP contribution is 2.10. The Bertz CT molecular complexity index is 662. The number of likely N-dealkylation sites (N-methyl/N-ethyl adjacent to an activating group) is 1. The Morgan fingerprint density at radius 1 is 1.38 bits per heavy atom. The number of morpholine rings is 1. The lowest BCUT2D eigenvalue weighted by atomic mass is 10.2. The topological polar surface area (TPSA) is 106 Å². The van der Waals surface area contributed by atoms with Gasteiger partial charge in [-0.05, 0) is 13.1 Å². The van der Waals surface area contributed by atoms with Crippen molar-refractivity contribution < 1.29 is 14.1 Å². The van der Waals surface area contributed by atoms with E-state index in [1.807, 2.05) is 7.05 Å². The fourth-order valence-electron chi connectivity index (χ4n) is 2.39. The Labute approximate surface area is 139 Å². The summed E-state index contributed by atoms with van der Waals surface area (Å²) in [6.45, 7) is 2.96. The highest BCUT2D eigenvalue weighted by molar-refractivity contribution is 5.76. The molecule has 1 atom stereocenters. The Kier molecular flexibility index (Phi) is 5.44. The summed E-state index contributed by atoms with van der Waals surface area (Å²) >= 11 is 0. The number of amides is 1. The van der Waals surface area contributed by atoms with Crippen molar-refractivity contribution in [1.82, 2.24) is 30.3 Å².